The van der Waals surface area contributed by atoms with Gasteiger partial charge in [-0.25, -0.2) is 4.39 Å². The van der Waals surface area contributed by atoms with Crippen LogP contribution in [0.25, 0.3) is 0 Å². The Labute approximate surface area is 184 Å². The van der Waals surface area contributed by atoms with Gasteiger partial charge in [-0.05, 0) is 24.1 Å². The first kappa shape index (κ1) is 23.4. The molecule has 9 nitrogen and oxygen atoms in total. The number of rotatable bonds is 8. The molecule has 1 amide bonds. The number of aliphatic imine (C=N–C) groups is 1. The van der Waals surface area contributed by atoms with Crippen molar-refractivity contribution in [2.75, 3.05) is 7.05 Å². The van der Waals surface area contributed by atoms with Crippen molar-refractivity contribution in [3.63, 3.8) is 0 Å². The number of aliphatic hydroxyl groups is 1. The van der Waals surface area contributed by atoms with Crippen molar-refractivity contribution < 1.29 is 28.3 Å². The predicted molar refractivity (Wildman–Crippen MR) is 111 cm³/mol. The number of Topliss-reactive ketones (excluding diaryl/α,β-unsaturated/α-hetero) is 2. The van der Waals surface area contributed by atoms with Gasteiger partial charge in [0.25, 0.3) is 11.8 Å². The Morgan fingerprint density at radius 3 is 2.47 bits per heavy atom. The maximum Gasteiger partial charge on any atom is 0.284 e. The molecule has 10 heteroatoms. The molecule has 3 rings (SSSR count). The third-order valence-electron chi connectivity index (χ3n) is 5.34. The van der Waals surface area contributed by atoms with Crippen LogP contribution in [0.1, 0.15) is 48.8 Å². The van der Waals surface area contributed by atoms with Crippen LogP contribution in [-0.2, 0) is 16.0 Å². The van der Waals surface area contributed by atoms with Crippen LogP contribution in [0.15, 0.2) is 33.7 Å². The summed E-state index contributed by atoms with van der Waals surface area (Å²) in [4.78, 5) is 43.6. The SMILES string of the molecule is Cc1nnc(C(=O)CC(C)(C)C2=NC(C(=O)CCc3ccc(F)cc3)C(O)C(=O)N2C)o1. The topological polar surface area (TPSA) is 126 Å². The van der Waals surface area contributed by atoms with E-state index in [2.05, 4.69) is 15.2 Å². The van der Waals surface area contributed by atoms with Gasteiger partial charge in [-0.2, -0.15) is 0 Å². The van der Waals surface area contributed by atoms with Gasteiger partial charge in [0, 0.05) is 32.2 Å². The van der Waals surface area contributed by atoms with E-state index in [1.54, 1.807) is 32.9 Å². The molecule has 2 aromatic rings. The third-order valence-corrected chi connectivity index (χ3v) is 5.34. The normalized spacial score (nSPS) is 19.1. The van der Waals surface area contributed by atoms with Crippen LogP contribution in [-0.4, -0.2) is 62.7 Å². The van der Waals surface area contributed by atoms with E-state index in [1.165, 1.54) is 24.1 Å². The fraction of sp³-hybridized carbons (Fsp3) is 0.455. The van der Waals surface area contributed by atoms with Gasteiger partial charge in [-0.15, -0.1) is 10.2 Å². The highest BCUT2D eigenvalue weighted by atomic mass is 19.1. The predicted octanol–water partition coefficient (Wildman–Crippen LogP) is 1.92. The van der Waals surface area contributed by atoms with Gasteiger partial charge in [0.2, 0.25) is 11.7 Å². The van der Waals surface area contributed by atoms with Crippen molar-refractivity contribution >= 4 is 23.3 Å². The maximum atomic E-state index is 13.1. The summed E-state index contributed by atoms with van der Waals surface area (Å²) in [6.45, 7) is 4.97. The van der Waals surface area contributed by atoms with Gasteiger partial charge in [0.15, 0.2) is 11.9 Å². The molecule has 1 aromatic heterocycles. The number of carbonyl (C=O) groups excluding carboxylic acids is 3. The fourth-order valence-corrected chi connectivity index (χ4v) is 3.64. The molecule has 0 radical (unpaired) electrons. The highest BCUT2D eigenvalue weighted by Gasteiger charge is 2.44. The summed E-state index contributed by atoms with van der Waals surface area (Å²) in [5.74, 6) is -1.59. The van der Waals surface area contributed by atoms with Crippen LogP contribution < -0.4 is 0 Å². The number of aromatic nitrogens is 2. The minimum absolute atomic E-state index is 0.0156. The quantitative estimate of drug-likeness (QED) is 0.617. The Kier molecular flexibility index (Phi) is 6.63. The Bertz CT molecular complexity index is 1060. The number of carbonyl (C=O) groups is 3. The van der Waals surface area contributed by atoms with Crippen molar-refractivity contribution in [2.45, 2.75) is 52.2 Å². The van der Waals surface area contributed by atoms with E-state index in [0.717, 1.165) is 5.56 Å². The lowest BCUT2D eigenvalue weighted by Crippen LogP contribution is -2.56. The second-order valence-corrected chi connectivity index (χ2v) is 8.44. The number of likely N-dealkylation sites (N-methyl/N-ethyl adjacent to an activating group) is 1. The smallest absolute Gasteiger partial charge is 0.284 e. The number of halogens is 1. The highest BCUT2D eigenvalue weighted by Crippen LogP contribution is 2.30. The number of aliphatic hydroxyl groups excluding tert-OH is 1. The zero-order valence-corrected chi connectivity index (χ0v) is 18.3. The van der Waals surface area contributed by atoms with E-state index in [-0.39, 0.29) is 36.3 Å². The molecule has 0 fully saturated rings. The molecule has 170 valence electrons. The molecule has 1 aliphatic rings. The lowest BCUT2D eigenvalue weighted by atomic mass is 9.83. The molecule has 32 heavy (non-hydrogen) atoms. The number of ketones is 2. The molecule has 2 atom stereocenters. The fourth-order valence-electron chi connectivity index (χ4n) is 3.64. The summed E-state index contributed by atoms with van der Waals surface area (Å²) in [5, 5.41) is 17.7. The molecular weight excluding hydrogens is 419 g/mol. The number of aryl methyl sites for hydroxylation is 2. The second-order valence-electron chi connectivity index (χ2n) is 8.44. The first-order chi connectivity index (χ1) is 15.0. The number of amides is 1. The number of nitrogens with zero attached hydrogens (tertiary/aromatic N) is 4. The van der Waals surface area contributed by atoms with Crippen molar-refractivity contribution in [2.24, 2.45) is 10.4 Å². The molecule has 1 N–H and O–H groups in total. The van der Waals surface area contributed by atoms with Gasteiger partial charge in [-0.3, -0.25) is 19.4 Å². The van der Waals surface area contributed by atoms with Crippen LogP contribution in [0.4, 0.5) is 4.39 Å². The van der Waals surface area contributed by atoms with Crippen molar-refractivity contribution in [1.29, 1.82) is 0 Å². The molecule has 1 aromatic carbocycles. The van der Waals surface area contributed by atoms with E-state index < -0.39 is 35.0 Å². The van der Waals surface area contributed by atoms with E-state index >= 15 is 0 Å². The molecule has 2 heterocycles. The minimum atomic E-state index is -1.62. The number of amidine groups is 1. The van der Waals surface area contributed by atoms with Crippen LogP contribution >= 0.6 is 0 Å². The van der Waals surface area contributed by atoms with Crippen LogP contribution in [0, 0.1) is 18.2 Å². The zero-order chi connectivity index (χ0) is 23.6. The summed E-state index contributed by atoms with van der Waals surface area (Å²) in [5.41, 5.74) is -0.210. The van der Waals surface area contributed by atoms with Gasteiger partial charge in [-0.1, -0.05) is 26.0 Å². The van der Waals surface area contributed by atoms with E-state index in [0.29, 0.717) is 6.42 Å². The summed E-state index contributed by atoms with van der Waals surface area (Å²) < 4.78 is 18.2. The van der Waals surface area contributed by atoms with Crippen LogP contribution in [0.2, 0.25) is 0 Å². The van der Waals surface area contributed by atoms with Gasteiger partial charge in [0.05, 0.1) is 0 Å². The Balaban J connectivity index is 1.79. The highest BCUT2D eigenvalue weighted by molar-refractivity contribution is 6.09. The summed E-state index contributed by atoms with van der Waals surface area (Å²) in [6, 6.07) is 4.46. The van der Waals surface area contributed by atoms with Crippen LogP contribution in [0.5, 0.6) is 0 Å². The largest absolute Gasteiger partial charge is 0.419 e. The average molecular weight is 444 g/mol. The summed E-state index contributed by atoms with van der Waals surface area (Å²) in [7, 11) is 1.44. The number of hydrogen-bond acceptors (Lipinski definition) is 8. The van der Waals surface area contributed by atoms with E-state index in [9.17, 15) is 23.9 Å². The molecule has 0 spiro atoms. The average Bonchev–Trinajstić information content (AvgIpc) is 3.17. The Hall–Kier alpha value is -3.27. The molecule has 0 aliphatic carbocycles. The number of hydrogen-bond donors (Lipinski definition) is 1. The Morgan fingerprint density at radius 2 is 1.88 bits per heavy atom. The van der Waals surface area contributed by atoms with Gasteiger partial charge < -0.3 is 14.4 Å². The monoisotopic (exact) mass is 444 g/mol. The molecule has 2 unspecified atom stereocenters. The van der Waals surface area contributed by atoms with Crippen molar-refractivity contribution in [3.8, 4) is 0 Å². The molecule has 1 aliphatic heterocycles. The summed E-state index contributed by atoms with van der Waals surface area (Å²) in [6.07, 6.45) is -1.38. The first-order valence-corrected chi connectivity index (χ1v) is 10.1. The molecular formula is C22H25FN4O5. The third kappa shape index (κ3) is 4.96. The first-order valence-electron chi connectivity index (χ1n) is 10.1. The zero-order valence-electron chi connectivity index (χ0n) is 18.3. The lowest BCUT2D eigenvalue weighted by Gasteiger charge is -2.38. The minimum Gasteiger partial charge on any atom is -0.419 e. The molecule has 0 saturated heterocycles. The van der Waals surface area contributed by atoms with Crippen molar-refractivity contribution in [3.05, 3.63) is 47.4 Å². The maximum absolute atomic E-state index is 13.1. The van der Waals surface area contributed by atoms with Crippen molar-refractivity contribution in [1.82, 2.24) is 15.1 Å². The van der Waals surface area contributed by atoms with Gasteiger partial charge in [0.1, 0.15) is 17.7 Å². The molecule has 0 saturated carbocycles. The number of benzene rings is 1. The molecule has 0 bridgehead atoms. The van der Waals surface area contributed by atoms with E-state index in [1.807, 2.05) is 0 Å². The standard InChI is InChI=1S/C22H25FN4O5/c1-12-25-26-19(32-12)16(29)11-22(2,3)21-24-17(18(30)20(31)27(21)4)15(28)10-7-13-5-8-14(23)9-6-13/h5-6,8-9,17-18,30H,7,10-11H2,1-4H3. The van der Waals surface area contributed by atoms with Crippen LogP contribution in [0.3, 0.4) is 0 Å². The Morgan fingerprint density at radius 1 is 1.22 bits per heavy atom. The van der Waals surface area contributed by atoms with E-state index in [4.69, 9.17) is 4.42 Å². The second kappa shape index (κ2) is 9.07. The van der Waals surface area contributed by atoms with Gasteiger partial charge >= 0.3 is 0 Å². The lowest BCUT2D eigenvalue weighted by molar-refractivity contribution is -0.141. The summed E-state index contributed by atoms with van der Waals surface area (Å²) >= 11 is 0.